The van der Waals surface area contributed by atoms with Gasteiger partial charge in [0.15, 0.2) is 10.9 Å². The quantitative estimate of drug-likeness (QED) is 0.494. The number of halogens is 1. The molecule has 1 heterocycles. The molecule has 0 fully saturated rings. The highest BCUT2D eigenvalue weighted by atomic mass is 32.1. The summed E-state index contributed by atoms with van der Waals surface area (Å²) in [6.45, 7) is 5.00. The van der Waals surface area contributed by atoms with Gasteiger partial charge in [-0.1, -0.05) is 25.1 Å². The number of hydrogen-bond donors (Lipinski definition) is 0. The fourth-order valence-electron chi connectivity index (χ4n) is 2.96. The van der Waals surface area contributed by atoms with Gasteiger partial charge in [0, 0.05) is 12.3 Å². The minimum atomic E-state index is -0.495. The van der Waals surface area contributed by atoms with E-state index in [1.165, 1.54) is 37.3 Å². The van der Waals surface area contributed by atoms with Crippen molar-refractivity contribution in [3.63, 3.8) is 0 Å². The Kier molecular flexibility index (Phi) is 6.39. The molecule has 3 rings (SSSR count). The lowest BCUT2D eigenvalue weighted by molar-refractivity contribution is -0.115. The Morgan fingerprint density at radius 2 is 1.93 bits per heavy atom. The third-order valence-electron chi connectivity index (χ3n) is 4.36. The summed E-state index contributed by atoms with van der Waals surface area (Å²) >= 11 is 1.34. The lowest BCUT2D eigenvalue weighted by atomic mass is 10.1. The maximum absolute atomic E-state index is 13.4. The predicted octanol–water partition coefficient (Wildman–Crippen LogP) is 5.31. The first-order chi connectivity index (χ1) is 13.9. The van der Waals surface area contributed by atoms with Crippen LogP contribution in [0.25, 0.3) is 0 Å². The van der Waals surface area contributed by atoms with Crippen LogP contribution in [-0.4, -0.2) is 16.7 Å². The average Bonchev–Trinajstić information content (AvgIpc) is 3.15. The molecule has 0 spiro atoms. The van der Waals surface area contributed by atoms with Crippen LogP contribution in [0.2, 0.25) is 0 Å². The van der Waals surface area contributed by atoms with E-state index in [1.807, 2.05) is 31.2 Å². The minimum absolute atomic E-state index is 0.101. The normalized spacial score (nSPS) is 10.6. The Bertz CT molecular complexity index is 1050. The summed E-state index contributed by atoms with van der Waals surface area (Å²) in [5.74, 6) is -0.610. The number of Topliss-reactive ketones (excluding diaryl/α,β-unsaturated/α-hetero) is 1. The fourth-order valence-corrected chi connectivity index (χ4v) is 3.82. The second-order valence-electron chi connectivity index (χ2n) is 6.44. The number of aryl methyl sites for hydroxylation is 1. The van der Waals surface area contributed by atoms with Gasteiger partial charge in [0.1, 0.15) is 18.2 Å². The summed E-state index contributed by atoms with van der Waals surface area (Å²) in [5.41, 5.74) is 2.65. The molecule has 29 heavy (non-hydrogen) atoms. The van der Waals surface area contributed by atoms with Gasteiger partial charge in [-0.25, -0.2) is 9.37 Å². The van der Waals surface area contributed by atoms with E-state index in [9.17, 15) is 14.0 Å². The largest absolute Gasteiger partial charge is 0.487 e. The van der Waals surface area contributed by atoms with Gasteiger partial charge in [-0.2, -0.15) is 0 Å². The van der Waals surface area contributed by atoms with Crippen molar-refractivity contribution in [1.29, 1.82) is 0 Å². The van der Waals surface area contributed by atoms with Crippen molar-refractivity contribution >= 4 is 33.8 Å². The van der Waals surface area contributed by atoms with Gasteiger partial charge in [-0.3, -0.25) is 14.5 Å². The molecule has 0 aliphatic rings. The predicted molar refractivity (Wildman–Crippen MR) is 111 cm³/mol. The molecule has 0 bridgehead atoms. The Labute approximate surface area is 172 Å². The van der Waals surface area contributed by atoms with Gasteiger partial charge in [0.05, 0.1) is 16.9 Å². The van der Waals surface area contributed by atoms with Crippen molar-refractivity contribution < 1.29 is 18.7 Å². The number of rotatable bonds is 7. The van der Waals surface area contributed by atoms with E-state index in [1.54, 1.807) is 10.3 Å². The summed E-state index contributed by atoms with van der Waals surface area (Å²) in [6, 6.07) is 11.5. The van der Waals surface area contributed by atoms with Crippen LogP contribution >= 0.6 is 11.3 Å². The van der Waals surface area contributed by atoms with Gasteiger partial charge in [0.2, 0.25) is 5.91 Å². The number of carbonyl (C=O) groups excluding carboxylic acids is 2. The molecule has 0 unspecified atom stereocenters. The highest BCUT2D eigenvalue weighted by Gasteiger charge is 2.20. The SMILES string of the molecule is CCc1ccccc1N(C(C)=O)c1nc(COc2ccc(F)cc2C(C)=O)cs1. The van der Waals surface area contributed by atoms with Crippen LogP contribution in [0.15, 0.2) is 47.8 Å². The summed E-state index contributed by atoms with van der Waals surface area (Å²) in [4.78, 5) is 30.2. The van der Waals surface area contributed by atoms with Crippen molar-refractivity contribution in [1.82, 2.24) is 4.98 Å². The van der Waals surface area contributed by atoms with Crippen LogP contribution in [0.1, 0.15) is 42.4 Å². The van der Waals surface area contributed by atoms with Gasteiger partial charge >= 0.3 is 0 Å². The smallest absolute Gasteiger partial charge is 0.230 e. The fraction of sp³-hybridized carbons (Fsp3) is 0.227. The van der Waals surface area contributed by atoms with E-state index in [4.69, 9.17) is 4.74 Å². The van der Waals surface area contributed by atoms with Crippen LogP contribution in [-0.2, 0) is 17.8 Å². The molecule has 0 atom stereocenters. The molecule has 0 aliphatic heterocycles. The third-order valence-corrected chi connectivity index (χ3v) is 5.23. The number of aromatic nitrogens is 1. The topological polar surface area (TPSA) is 59.5 Å². The number of amides is 1. The number of nitrogens with zero attached hydrogens (tertiary/aromatic N) is 2. The third kappa shape index (κ3) is 4.68. The van der Waals surface area contributed by atoms with E-state index in [0.717, 1.165) is 23.7 Å². The minimum Gasteiger partial charge on any atom is -0.487 e. The second-order valence-corrected chi connectivity index (χ2v) is 7.28. The van der Waals surface area contributed by atoms with Gasteiger partial charge in [-0.05, 0) is 43.2 Å². The molecule has 0 saturated heterocycles. The standard InChI is InChI=1S/C22H21FN2O3S/c1-4-16-7-5-6-8-20(16)25(15(3)27)22-24-18(13-29-22)12-28-21-10-9-17(23)11-19(21)14(2)26/h5-11,13H,4,12H2,1-3H3. The molecule has 1 amide bonds. The van der Waals surface area contributed by atoms with Crippen molar-refractivity contribution in [3.8, 4) is 5.75 Å². The number of para-hydroxylation sites is 1. The van der Waals surface area contributed by atoms with Crippen LogP contribution in [0, 0.1) is 5.82 Å². The summed E-state index contributed by atoms with van der Waals surface area (Å²) in [5, 5.41) is 2.35. The van der Waals surface area contributed by atoms with Gasteiger partial charge < -0.3 is 4.74 Å². The molecular formula is C22H21FN2O3S. The van der Waals surface area contributed by atoms with E-state index >= 15 is 0 Å². The molecule has 3 aromatic rings. The zero-order valence-corrected chi connectivity index (χ0v) is 17.3. The van der Waals surface area contributed by atoms with Crippen LogP contribution < -0.4 is 9.64 Å². The molecular weight excluding hydrogens is 391 g/mol. The molecule has 2 aromatic carbocycles. The van der Waals surface area contributed by atoms with Gasteiger partial charge in [-0.15, -0.1) is 11.3 Å². The summed E-state index contributed by atoms with van der Waals surface area (Å²) < 4.78 is 19.1. The van der Waals surface area contributed by atoms with Crippen molar-refractivity contribution in [3.05, 3.63) is 70.5 Å². The number of hydrogen-bond acceptors (Lipinski definition) is 5. The first-order valence-electron chi connectivity index (χ1n) is 9.17. The Balaban J connectivity index is 1.83. The Morgan fingerprint density at radius 1 is 1.17 bits per heavy atom. The Hall–Kier alpha value is -3.06. The molecule has 0 radical (unpaired) electrons. The lowest BCUT2D eigenvalue weighted by Crippen LogP contribution is -2.23. The number of thiazole rings is 1. The monoisotopic (exact) mass is 412 g/mol. The molecule has 7 heteroatoms. The number of ketones is 1. The van der Waals surface area contributed by atoms with Gasteiger partial charge in [0.25, 0.3) is 0 Å². The van der Waals surface area contributed by atoms with Crippen LogP contribution in [0.5, 0.6) is 5.75 Å². The summed E-state index contributed by atoms with van der Waals surface area (Å²) in [7, 11) is 0. The van der Waals surface area contributed by atoms with Crippen molar-refractivity contribution in [2.75, 3.05) is 4.90 Å². The number of benzene rings is 2. The van der Waals surface area contributed by atoms with E-state index in [2.05, 4.69) is 4.98 Å². The molecule has 1 aromatic heterocycles. The number of anilines is 2. The Morgan fingerprint density at radius 3 is 2.62 bits per heavy atom. The molecule has 0 aliphatic carbocycles. The van der Waals surface area contributed by atoms with E-state index in [0.29, 0.717) is 16.6 Å². The first-order valence-corrected chi connectivity index (χ1v) is 10.0. The zero-order valence-electron chi connectivity index (χ0n) is 16.4. The van der Waals surface area contributed by atoms with Crippen molar-refractivity contribution in [2.45, 2.75) is 33.8 Å². The average molecular weight is 412 g/mol. The van der Waals surface area contributed by atoms with Crippen LogP contribution in [0.3, 0.4) is 0 Å². The second kappa shape index (κ2) is 8.96. The van der Waals surface area contributed by atoms with Crippen molar-refractivity contribution in [2.24, 2.45) is 0 Å². The highest BCUT2D eigenvalue weighted by Crippen LogP contribution is 2.32. The maximum atomic E-state index is 13.4. The molecule has 0 saturated carbocycles. The number of ether oxygens (including phenoxy) is 1. The first kappa shape index (κ1) is 20.7. The molecule has 5 nitrogen and oxygen atoms in total. The number of carbonyl (C=O) groups is 2. The zero-order chi connectivity index (χ0) is 21.0. The van der Waals surface area contributed by atoms with Crippen LogP contribution in [0.4, 0.5) is 15.2 Å². The van der Waals surface area contributed by atoms with E-state index < -0.39 is 5.82 Å². The maximum Gasteiger partial charge on any atom is 0.230 e. The van der Waals surface area contributed by atoms with E-state index in [-0.39, 0.29) is 23.9 Å². The summed E-state index contributed by atoms with van der Waals surface area (Å²) in [6.07, 6.45) is 0.791. The molecule has 0 N–H and O–H groups in total. The lowest BCUT2D eigenvalue weighted by Gasteiger charge is -2.21. The highest BCUT2D eigenvalue weighted by molar-refractivity contribution is 7.14. The molecule has 150 valence electrons.